The number of benzene rings is 2. The van der Waals surface area contributed by atoms with Gasteiger partial charge in [-0.1, -0.05) is 12.1 Å². The molecular weight excluding hydrogens is 293 g/mol. The van der Waals surface area contributed by atoms with Crippen LogP contribution in [0.1, 0.15) is 16.7 Å². The van der Waals surface area contributed by atoms with E-state index >= 15 is 0 Å². The molecule has 1 nitrogen and oxygen atoms in total. The summed E-state index contributed by atoms with van der Waals surface area (Å²) in [5, 5.41) is 3.35. The maximum absolute atomic E-state index is 13.0. The Morgan fingerprint density at radius 2 is 1.89 bits per heavy atom. The van der Waals surface area contributed by atoms with E-state index in [1.54, 1.807) is 6.07 Å². The summed E-state index contributed by atoms with van der Waals surface area (Å²) >= 11 is 3.53. The molecule has 2 aromatic rings. The van der Waals surface area contributed by atoms with Crippen molar-refractivity contribution >= 4 is 21.6 Å². The van der Waals surface area contributed by atoms with Gasteiger partial charge in [0.05, 0.1) is 0 Å². The van der Waals surface area contributed by atoms with Crippen LogP contribution in [0.3, 0.4) is 0 Å². The maximum Gasteiger partial charge on any atom is 0.123 e. The number of nitrogens with one attached hydrogen (secondary N) is 1. The fourth-order valence-corrected chi connectivity index (χ4v) is 2.45. The Hall–Kier alpha value is -1.35. The van der Waals surface area contributed by atoms with Crippen LogP contribution in [0.2, 0.25) is 0 Å². The van der Waals surface area contributed by atoms with E-state index < -0.39 is 0 Å². The molecule has 0 heterocycles. The van der Waals surface area contributed by atoms with Gasteiger partial charge in [-0.05, 0) is 70.7 Å². The summed E-state index contributed by atoms with van der Waals surface area (Å²) in [5.74, 6) is -0.187. The second-order valence-electron chi connectivity index (χ2n) is 4.41. The Bertz CT molecular complexity index is 515. The van der Waals surface area contributed by atoms with Crippen molar-refractivity contribution in [1.82, 2.24) is 0 Å². The minimum atomic E-state index is -0.187. The lowest BCUT2D eigenvalue weighted by Gasteiger charge is -2.11. The molecule has 2 rings (SSSR count). The first kappa shape index (κ1) is 13.1. The van der Waals surface area contributed by atoms with Gasteiger partial charge in [-0.3, -0.25) is 0 Å². The standard InChI is InChI=1S/C15H15BrFN/c1-10-3-6-15(14(16)7-10)18-9-12-4-5-13(17)8-11(12)2/h3-8,18H,9H2,1-2H3. The molecule has 0 saturated heterocycles. The van der Waals surface area contributed by atoms with E-state index in [1.165, 1.54) is 11.6 Å². The topological polar surface area (TPSA) is 12.0 Å². The first-order valence-electron chi connectivity index (χ1n) is 5.81. The van der Waals surface area contributed by atoms with Crippen LogP contribution in [0.5, 0.6) is 0 Å². The van der Waals surface area contributed by atoms with Gasteiger partial charge in [0.2, 0.25) is 0 Å². The van der Waals surface area contributed by atoms with Crippen molar-refractivity contribution in [2.75, 3.05) is 5.32 Å². The molecule has 0 fully saturated rings. The average molecular weight is 308 g/mol. The van der Waals surface area contributed by atoms with Crippen LogP contribution >= 0.6 is 15.9 Å². The Morgan fingerprint density at radius 1 is 1.11 bits per heavy atom. The monoisotopic (exact) mass is 307 g/mol. The molecule has 3 heteroatoms. The number of aryl methyl sites for hydroxylation is 2. The molecule has 18 heavy (non-hydrogen) atoms. The molecule has 0 atom stereocenters. The first-order valence-corrected chi connectivity index (χ1v) is 6.60. The maximum atomic E-state index is 13.0. The molecule has 0 bridgehead atoms. The number of rotatable bonds is 3. The third-order valence-electron chi connectivity index (χ3n) is 2.90. The van der Waals surface area contributed by atoms with Crippen LogP contribution in [-0.2, 0) is 6.54 Å². The van der Waals surface area contributed by atoms with Crippen LogP contribution in [-0.4, -0.2) is 0 Å². The van der Waals surface area contributed by atoms with Gasteiger partial charge < -0.3 is 5.32 Å². The van der Waals surface area contributed by atoms with Gasteiger partial charge in [0.15, 0.2) is 0 Å². The van der Waals surface area contributed by atoms with Crippen LogP contribution in [0.15, 0.2) is 40.9 Å². The van der Waals surface area contributed by atoms with Gasteiger partial charge in [-0.15, -0.1) is 0 Å². The minimum absolute atomic E-state index is 0.187. The van der Waals surface area contributed by atoms with Crippen LogP contribution in [0, 0.1) is 19.7 Å². The summed E-state index contributed by atoms with van der Waals surface area (Å²) < 4.78 is 14.0. The second-order valence-corrected chi connectivity index (χ2v) is 5.26. The molecule has 0 aliphatic heterocycles. The predicted molar refractivity (Wildman–Crippen MR) is 77.3 cm³/mol. The Kier molecular flexibility index (Phi) is 4.02. The minimum Gasteiger partial charge on any atom is -0.380 e. The lowest BCUT2D eigenvalue weighted by Crippen LogP contribution is -2.02. The Labute approximate surface area is 115 Å². The van der Waals surface area contributed by atoms with E-state index in [0.29, 0.717) is 6.54 Å². The van der Waals surface area contributed by atoms with E-state index in [2.05, 4.69) is 40.3 Å². The molecule has 0 radical (unpaired) electrons. The van der Waals surface area contributed by atoms with E-state index in [-0.39, 0.29) is 5.82 Å². The van der Waals surface area contributed by atoms with Crippen molar-refractivity contribution in [3.05, 3.63) is 63.4 Å². The normalized spacial score (nSPS) is 10.4. The molecule has 0 aliphatic carbocycles. The highest BCUT2D eigenvalue weighted by Crippen LogP contribution is 2.24. The number of halogens is 2. The Morgan fingerprint density at radius 3 is 2.56 bits per heavy atom. The van der Waals surface area contributed by atoms with Crippen molar-refractivity contribution in [2.45, 2.75) is 20.4 Å². The third kappa shape index (κ3) is 3.10. The molecule has 0 aliphatic rings. The number of hydrogen-bond acceptors (Lipinski definition) is 1. The fourth-order valence-electron chi connectivity index (χ4n) is 1.81. The summed E-state index contributed by atoms with van der Waals surface area (Å²) in [5.41, 5.74) is 4.32. The summed E-state index contributed by atoms with van der Waals surface area (Å²) in [4.78, 5) is 0. The third-order valence-corrected chi connectivity index (χ3v) is 3.55. The summed E-state index contributed by atoms with van der Waals surface area (Å²) in [6.45, 7) is 4.66. The number of anilines is 1. The zero-order valence-corrected chi connectivity index (χ0v) is 12.0. The highest BCUT2D eigenvalue weighted by Gasteiger charge is 2.02. The van der Waals surface area contributed by atoms with Gasteiger partial charge in [0.1, 0.15) is 5.82 Å². The van der Waals surface area contributed by atoms with Crippen molar-refractivity contribution in [3.8, 4) is 0 Å². The lowest BCUT2D eigenvalue weighted by molar-refractivity contribution is 0.625. The highest BCUT2D eigenvalue weighted by atomic mass is 79.9. The highest BCUT2D eigenvalue weighted by molar-refractivity contribution is 9.10. The van der Waals surface area contributed by atoms with Crippen LogP contribution < -0.4 is 5.32 Å². The molecule has 2 aromatic carbocycles. The van der Waals surface area contributed by atoms with Crippen molar-refractivity contribution in [1.29, 1.82) is 0 Å². The molecular formula is C15H15BrFN. The largest absolute Gasteiger partial charge is 0.380 e. The average Bonchev–Trinajstić information content (AvgIpc) is 2.30. The van der Waals surface area contributed by atoms with Gasteiger partial charge in [-0.25, -0.2) is 4.39 Å². The van der Waals surface area contributed by atoms with Crippen LogP contribution in [0.25, 0.3) is 0 Å². The van der Waals surface area contributed by atoms with E-state index in [9.17, 15) is 4.39 Å². The van der Waals surface area contributed by atoms with E-state index in [1.807, 2.05) is 19.1 Å². The molecule has 94 valence electrons. The Balaban J connectivity index is 2.11. The molecule has 0 amide bonds. The zero-order chi connectivity index (χ0) is 13.1. The first-order chi connectivity index (χ1) is 8.56. The quantitative estimate of drug-likeness (QED) is 0.857. The molecule has 0 spiro atoms. The zero-order valence-electron chi connectivity index (χ0n) is 10.4. The molecule has 1 N–H and O–H groups in total. The predicted octanol–water partition coefficient (Wildman–Crippen LogP) is 4.82. The van der Waals surface area contributed by atoms with Gasteiger partial charge >= 0.3 is 0 Å². The van der Waals surface area contributed by atoms with Gasteiger partial charge in [0, 0.05) is 16.7 Å². The molecule has 0 aromatic heterocycles. The van der Waals surface area contributed by atoms with Crippen molar-refractivity contribution in [3.63, 3.8) is 0 Å². The fraction of sp³-hybridized carbons (Fsp3) is 0.200. The molecule has 0 unspecified atom stereocenters. The van der Waals surface area contributed by atoms with Crippen LogP contribution in [0.4, 0.5) is 10.1 Å². The summed E-state index contributed by atoms with van der Waals surface area (Å²) in [6.07, 6.45) is 0. The smallest absolute Gasteiger partial charge is 0.123 e. The SMILES string of the molecule is Cc1ccc(NCc2ccc(F)cc2C)c(Br)c1. The lowest BCUT2D eigenvalue weighted by atomic mass is 10.1. The second kappa shape index (κ2) is 5.53. The van der Waals surface area contributed by atoms with Gasteiger partial charge in [-0.2, -0.15) is 0 Å². The van der Waals surface area contributed by atoms with Crippen molar-refractivity contribution in [2.24, 2.45) is 0 Å². The van der Waals surface area contributed by atoms with E-state index in [0.717, 1.165) is 21.3 Å². The summed E-state index contributed by atoms with van der Waals surface area (Å²) in [7, 11) is 0. The van der Waals surface area contributed by atoms with Crippen molar-refractivity contribution < 1.29 is 4.39 Å². The number of hydrogen-bond donors (Lipinski definition) is 1. The summed E-state index contributed by atoms with van der Waals surface area (Å²) in [6, 6.07) is 11.0. The molecule has 0 saturated carbocycles. The van der Waals surface area contributed by atoms with Gasteiger partial charge in [0.25, 0.3) is 0 Å². The van der Waals surface area contributed by atoms with E-state index in [4.69, 9.17) is 0 Å².